The summed E-state index contributed by atoms with van der Waals surface area (Å²) in [6.45, 7) is 7.08. The van der Waals surface area contributed by atoms with E-state index in [1.54, 1.807) is 0 Å². The minimum absolute atomic E-state index is 0.0991. The van der Waals surface area contributed by atoms with Crippen LogP contribution in [0.1, 0.15) is 362 Å². The van der Waals surface area contributed by atoms with Gasteiger partial charge in [0.1, 0.15) is 19.3 Å². The van der Waals surface area contributed by atoms with Crippen LogP contribution in [0, 0.1) is 5.92 Å². The van der Waals surface area contributed by atoms with E-state index in [9.17, 15) is 43.2 Å². The van der Waals surface area contributed by atoms with Crippen LogP contribution in [0.2, 0.25) is 0 Å². The molecule has 0 saturated heterocycles. The predicted octanol–water partition coefficient (Wildman–Crippen LogP) is 20.1. The molecule has 17 nitrogen and oxygen atoms in total. The zero-order valence-electron chi connectivity index (χ0n) is 57.6. The Hall–Kier alpha value is -1.94. The van der Waals surface area contributed by atoms with E-state index in [4.69, 9.17) is 37.0 Å². The summed E-state index contributed by atoms with van der Waals surface area (Å²) >= 11 is 0. The number of phosphoric ester groups is 2. The number of hydrogen-bond acceptors (Lipinski definition) is 15. The van der Waals surface area contributed by atoms with E-state index in [0.717, 1.165) is 102 Å². The maximum Gasteiger partial charge on any atom is 0.472 e. The highest BCUT2D eigenvalue weighted by Gasteiger charge is 2.30. The van der Waals surface area contributed by atoms with Crippen molar-refractivity contribution in [1.29, 1.82) is 0 Å². The van der Waals surface area contributed by atoms with Crippen molar-refractivity contribution in [1.82, 2.24) is 0 Å². The van der Waals surface area contributed by atoms with Gasteiger partial charge in [0.2, 0.25) is 0 Å². The zero-order valence-corrected chi connectivity index (χ0v) is 59.4. The molecule has 0 amide bonds. The molecule has 5 atom stereocenters. The lowest BCUT2D eigenvalue weighted by molar-refractivity contribution is -0.161. The van der Waals surface area contributed by atoms with Gasteiger partial charge in [-0.2, -0.15) is 0 Å². The number of aliphatic hydroxyl groups is 1. The topological polar surface area (TPSA) is 237 Å². The molecule has 19 heteroatoms. The molecule has 0 aliphatic carbocycles. The molecule has 0 aromatic heterocycles. The molecule has 0 aromatic carbocycles. The molecule has 3 N–H and O–H groups in total. The van der Waals surface area contributed by atoms with Crippen LogP contribution in [0.25, 0.3) is 0 Å². The molecule has 0 aliphatic rings. The van der Waals surface area contributed by atoms with E-state index in [0.29, 0.717) is 25.7 Å². The summed E-state index contributed by atoms with van der Waals surface area (Å²) in [5.74, 6) is -1.34. The Balaban J connectivity index is 5.03. The number of phosphoric acid groups is 2. The minimum Gasteiger partial charge on any atom is -0.462 e. The summed E-state index contributed by atoms with van der Waals surface area (Å²) in [5.41, 5.74) is 0. The second kappa shape index (κ2) is 63.5. The number of carbonyl (C=O) groups excluding carboxylic acids is 4. The Morgan fingerprint density at radius 3 is 0.764 bits per heavy atom. The summed E-state index contributed by atoms with van der Waals surface area (Å²) in [4.78, 5) is 71.9. The Kier molecular flexibility index (Phi) is 62.1. The standard InChI is InChI=1S/C70H136O17P2/c1-6-9-12-15-16-17-18-19-20-21-22-23-24-25-28-32-35-38-41-46-51-56-70(75)87-66(60-81-68(73)54-49-45-40-37-34-31-29-26-27-30-33-36-39-44-47-52-63(4)5)62-85-89(78,79)83-58-64(71)57-82-88(76,77)84-61-65(86-69(74)55-50-43-14-11-8-3)59-80-67(72)53-48-42-13-10-7-2/h63-66,71H,6-62H2,1-5H3,(H,76,77)(H,78,79)/t64-,65+,66+/m0/s1. The van der Waals surface area contributed by atoms with Gasteiger partial charge in [0, 0.05) is 25.7 Å². The smallest absolute Gasteiger partial charge is 0.462 e. The van der Waals surface area contributed by atoms with E-state index in [1.807, 2.05) is 0 Å². The van der Waals surface area contributed by atoms with Crippen molar-refractivity contribution in [2.75, 3.05) is 39.6 Å². The summed E-state index contributed by atoms with van der Waals surface area (Å²) in [7, 11) is -9.87. The third-order valence-corrected chi connectivity index (χ3v) is 18.2. The molecule has 528 valence electrons. The number of esters is 4. The molecule has 0 saturated carbocycles. The second-order valence-electron chi connectivity index (χ2n) is 25.7. The SMILES string of the molecule is CCCCCCCCCCCCCCCCCCCCCCCC(=O)O[C@H](COC(=O)CCCCCCCCCCCCCCCCCC(C)C)COP(=O)(O)OC[C@@H](O)COP(=O)(O)OC[C@@H](COC(=O)CCCCCCC)OC(=O)CCCCCCC. The van der Waals surface area contributed by atoms with Crippen molar-refractivity contribution < 1.29 is 80.2 Å². The van der Waals surface area contributed by atoms with Gasteiger partial charge in [-0.15, -0.1) is 0 Å². The van der Waals surface area contributed by atoms with Gasteiger partial charge in [0.15, 0.2) is 12.2 Å². The summed E-state index contributed by atoms with van der Waals surface area (Å²) in [6, 6.07) is 0. The summed E-state index contributed by atoms with van der Waals surface area (Å²) < 4.78 is 67.8. The maximum atomic E-state index is 13.0. The molecule has 0 heterocycles. The first-order chi connectivity index (χ1) is 43.0. The van der Waals surface area contributed by atoms with E-state index >= 15 is 0 Å². The van der Waals surface area contributed by atoms with Crippen molar-refractivity contribution in [3.05, 3.63) is 0 Å². The molecule has 0 radical (unpaired) electrons. The van der Waals surface area contributed by atoms with Crippen LogP contribution in [-0.2, 0) is 65.4 Å². The minimum atomic E-state index is -4.95. The number of unbranched alkanes of at least 4 members (excludes halogenated alkanes) is 42. The van der Waals surface area contributed by atoms with Crippen LogP contribution in [-0.4, -0.2) is 96.7 Å². The van der Waals surface area contributed by atoms with Gasteiger partial charge in [-0.05, 0) is 31.6 Å². The van der Waals surface area contributed by atoms with E-state index in [2.05, 4.69) is 34.6 Å². The number of hydrogen-bond donors (Lipinski definition) is 3. The predicted molar refractivity (Wildman–Crippen MR) is 358 cm³/mol. The number of rotatable bonds is 70. The van der Waals surface area contributed by atoms with Gasteiger partial charge >= 0.3 is 39.5 Å². The van der Waals surface area contributed by atoms with Crippen LogP contribution in [0.4, 0.5) is 0 Å². The van der Waals surface area contributed by atoms with Crippen LogP contribution in [0.15, 0.2) is 0 Å². The molecule has 0 bridgehead atoms. The second-order valence-corrected chi connectivity index (χ2v) is 28.7. The van der Waals surface area contributed by atoms with Gasteiger partial charge in [-0.25, -0.2) is 9.13 Å². The lowest BCUT2D eigenvalue weighted by atomic mass is 10.0. The van der Waals surface area contributed by atoms with Gasteiger partial charge in [0.25, 0.3) is 0 Å². The summed E-state index contributed by atoms with van der Waals surface area (Å²) in [5, 5.41) is 10.5. The highest BCUT2D eigenvalue weighted by molar-refractivity contribution is 7.47. The lowest BCUT2D eigenvalue weighted by Crippen LogP contribution is -2.30. The summed E-state index contributed by atoms with van der Waals surface area (Å²) in [6.07, 6.45) is 51.1. The van der Waals surface area contributed by atoms with Gasteiger partial charge in [0.05, 0.1) is 26.4 Å². The first kappa shape index (κ1) is 87.1. The van der Waals surface area contributed by atoms with Crippen LogP contribution in [0.3, 0.4) is 0 Å². The molecular formula is C70H136O17P2. The number of aliphatic hydroxyl groups excluding tert-OH is 1. The normalized spacial score (nSPS) is 14.1. The Morgan fingerprint density at radius 2 is 0.517 bits per heavy atom. The third kappa shape index (κ3) is 64.6. The molecule has 0 spiro atoms. The fraction of sp³-hybridized carbons (Fsp3) is 0.943. The molecule has 89 heavy (non-hydrogen) atoms. The van der Waals surface area contributed by atoms with Gasteiger partial charge < -0.3 is 33.8 Å². The van der Waals surface area contributed by atoms with E-state index in [-0.39, 0.29) is 25.7 Å². The average Bonchev–Trinajstić information content (AvgIpc) is 3.66. The molecule has 0 aromatic rings. The quantitative estimate of drug-likeness (QED) is 0.0222. The molecule has 2 unspecified atom stereocenters. The maximum absolute atomic E-state index is 13.0. The van der Waals surface area contributed by atoms with Gasteiger partial charge in [-0.1, -0.05) is 311 Å². The Labute approximate surface area is 543 Å². The van der Waals surface area contributed by atoms with Crippen LogP contribution < -0.4 is 0 Å². The first-order valence-corrected chi connectivity index (χ1v) is 39.6. The van der Waals surface area contributed by atoms with E-state index in [1.165, 1.54) is 180 Å². The van der Waals surface area contributed by atoms with Gasteiger partial charge in [-0.3, -0.25) is 37.3 Å². The number of ether oxygens (including phenoxy) is 4. The molecule has 0 aliphatic heterocycles. The first-order valence-electron chi connectivity index (χ1n) is 36.6. The highest BCUT2D eigenvalue weighted by atomic mass is 31.2. The average molecular weight is 1310 g/mol. The van der Waals surface area contributed by atoms with Crippen molar-refractivity contribution >= 4 is 39.5 Å². The zero-order chi connectivity index (χ0) is 65.6. The largest absolute Gasteiger partial charge is 0.472 e. The third-order valence-electron chi connectivity index (χ3n) is 16.3. The fourth-order valence-electron chi connectivity index (χ4n) is 10.6. The highest BCUT2D eigenvalue weighted by Crippen LogP contribution is 2.45. The number of carbonyl (C=O) groups is 4. The van der Waals surface area contributed by atoms with Crippen LogP contribution in [0.5, 0.6) is 0 Å². The Bertz CT molecular complexity index is 1720. The molecule has 0 fully saturated rings. The fourth-order valence-corrected chi connectivity index (χ4v) is 12.2. The molecule has 0 rings (SSSR count). The Morgan fingerprint density at radius 1 is 0.303 bits per heavy atom. The lowest BCUT2D eigenvalue weighted by Gasteiger charge is -2.21. The molecular weight excluding hydrogens is 1170 g/mol. The van der Waals surface area contributed by atoms with Crippen molar-refractivity contribution in [3.63, 3.8) is 0 Å². The van der Waals surface area contributed by atoms with E-state index < -0.39 is 97.5 Å². The van der Waals surface area contributed by atoms with Crippen molar-refractivity contribution in [2.24, 2.45) is 5.92 Å². The van der Waals surface area contributed by atoms with Crippen molar-refractivity contribution in [2.45, 2.75) is 380 Å². The van der Waals surface area contributed by atoms with Crippen molar-refractivity contribution in [3.8, 4) is 0 Å². The monoisotopic (exact) mass is 1310 g/mol. The van der Waals surface area contributed by atoms with Crippen LogP contribution >= 0.6 is 15.6 Å².